The Morgan fingerprint density at radius 2 is 2.29 bits per heavy atom. The summed E-state index contributed by atoms with van der Waals surface area (Å²) < 4.78 is 5.55. The molecule has 0 spiro atoms. The van der Waals surface area contributed by atoms with Gasteiger partial charge in [-0.25, -0.2) is 0 Å². The molecule has 0 bridgehead atoms. The number of rotatable bonds is 5. The first kappa shape index (κ1) is 12.3. The first-order valence-electron chi connectivity index (χ1n) is 5.62. The van der Waals surface area contributed by atoms with Crippen LogP contribution in [0.4, 0.5) is 0 Å². The van der Waals surface area contributed by atoms with Crippen LogP contribution >= 0.6 is 11.6 Å². The van der Waals surface area contributed by atoms with Gasteiger partial charge >= 0.3 is 0 Å². The van der Waals surface area contributed by atoms with E-state index in [0.29, 0.717) is 11.3 Å². The third-order valence-corrected chi connectivity index (χ3v) is 2.81. The van der Waals surface area contributed by atoms with Crippen molar-refractivity contribution in [1.29, 1.82) is 0 Å². The molecule has 1 aliphatic heterocycles. The van der Waals surface area contributed by atoms with Gasteiger partial charge in [-0.05, 0) is 25.3 Å². The predicted octanol–water partition coefficient (Wildman–Crippen LogP) is 2.36. The van der Waals surface area contributed by atoms with Gasteiger partial charge in [0.05, 0.1) is 6.61 Å². The molecule has 0 N–H and O–H groups in total. The van der Waals surface area contributed by atoms with Crippen LogP contribution in [-0.4, -0.2) is 43.1 Å². The van der Waals surface area contributed by atoms with Crippen LogP contribution in [0.5, 0.6) is 0 Å². The molecule has 0 aromatic carbocycles. The molecule has 0 amide bonds. The van der Waals surface area contributed by atoms with Crippen molar-refractivity contribution < 1.29 is 4.74 Å². The number of nitrogens with zero attached hydrogens (tertiary/aromatic N) is 1. The van der Waals surface area contributed by atoms with E-state index in [1.807, 2.05) is 0 Å². The molecule has 14 heavy (non-hydrogen) atoms. The average Bonchev–Trinajstić information content (AvgIpc) is 2.12. The maximum atomic E-state index is 6.09. The lowest BCUT2D eigenvalue weighted by Gasteiger charge is -2.29. The van der Waals surface area contributed by atoms with E-state index in [1.54, 1.807) is 0 Å². The highest BCUT2D eigenvalue weighted by atomic mass is 35.5. The zero-order valence-electron chi connectivity index (χ0n) is 9.34. The van der Waals surface area contributed by atoms with E-state index in [-0.39, 0.29) is 0 Å². The predicted molar refractivity (Wildman–Crippen MR) is 61.0 cm³/mol. The largest absolute Gasteiger partial charge is 0.380 e. The minimum atomic E-state index is 0.355. The van der Waals surface area contributed by atoms with E-state index in [0.717, 1.165) is 26.3 Å². The lowest BCUT2D eigenvalue weighted by Crippen LogP contribution is -2.38. The fourth-order valence-corrected chi connectivity index (χ4v) is 2.06. The summed E-state index contributed by atoms with van der Waals surface area (Å²) in [6.07, 6.45) is 2.41. The van der Waals surface area contributed by atoms with Gasteiger partial charge < -0.3 is 4.74 Å². The third kappa shape index (κ3) is 5.18. The van der Waals surface area contributed by atoms with E-state index in [1.165, 1.54) is 19.4 Å². The Kier molecular flexibility index (Phi) is 5.83. The molecule has 1 rings (SSSR count). The standard InChI is InChI=1S/C11H22ClNO/c1-10(2)9-14-7-6-13-5-3-4-11(12)8-13/h10-11H,3-9H2,1-2H3. The monoisotopic (exact) mass is 219 g/mol. The van der Waals surface area contributed by atoms with Crippen molar-refractivity contribution in [2.75, 3.05) is 32.8 Å². The van der Waals surface area contributed by atoms with Crippen LogP contribution in [0.3, 0.4) is 0 Å². The lowest BCUT2D eigenvalue weighted by atomic mass is 10.1. The molecule has 0 saturated carbocycles. The number of hydrogen-bond acceptors (Lipinski definition) is 2. The molecule has 0 aliphatic carbocycles. The zero-order chi connectivity index (χ0) is 10.4. The Morgan fingerprint density at radius 3 is 2.93 bits per heavy atom. The Balaban J connectivity index is 2.00. The van der Waals surface area contributed by atoms with Gasteiger partial charge in [0.25, 0.3) is 0 Å². The van der Waals surface area contributed by atoms with Crippen molar-refractivity contribution in [3.8, 4) is 0 Å². The molecule has 1 heterocycles. The molecule has 1 fully saturated rings. The van der Waals surface area contributed by atoms with E-state index in [4.69, 9.17) is 16.3 Å². The Bertz CT molecular complexity index is 152. The highest BCUT2D eigenvalue weighted by molar-refractivity contribution is 6.20. The zero-order valence-corrected chi connectivity index (χ0v) is 10.1. The van der Waals surface area contributed by atoms with E-state index in [2.05, 4.69) is 18.7 Å². The van der Waals surface area contributed by atoms with Crippen LogP contribution in [-0.2, 0) is 4.74 Å². The summed E-state index contributed by atoms with van der Waals surface area (Å²) in [7, 11) is 0. The van der Waals surface area contributed by atoms with Crippen LogP contribution < -0.4 is 0 Å². The topological polar surface area (TPSA) is 12.5 Å². The molecule has 1 unspecified atom stereocenters. The summed E-state index contributed by atoms with van der Waals surface area (Å²) in [4.78, 5) is 2.40. The van der Waals surface area contributed by atoms with Crippen molar-refractivity contribution in [1.82, 2.24) is 4.90 Å². The van der Waals surface area contributed by atoms with Crippen molar-refractivity contribution >= 4 is 11.6 Å². The number of ether oxygens (including phenoxy) is 1. The first-order valence-corrected chi connectivity index (χ1v) is 6.06. The fourth-order valence-electron chi connectivity index (χ4n) is 1.71. The van der Waals surface area contributed by atoms with Gasteiger partial charge in [-0.1, -0.05) is 13.8 Å². The molecule has 0 aromatic rings. The van der Waals surface area contributed by atoms with Gasteiger partial charge in [-0.2, -0.15) is 0 Å². The number of piperidine rings is 1. The molecule has 84 valence electrons. The summed E-state index contributed by atoms with van der Waals surface area (Å²) in [5.74, 6) is 0.636. The molecular formula is C11H22ClNO. The molecule has 3 heteroatoms. The van der Waals surface area contributed by atoms with Crippen molar-refractivity contribution in [3.63, 3.8) is 0 Å². The Hall–Kier alpha value is 0.210. The molecular weight excluding hydrogens is 198 g/mol. The van der Waals surface area contributed by atoms with Crippen molar-refractivity contribution in [2.45, 2.75) is 32.1 Å². The number of likely N-dealkylation sites (tertiary alicyclic amines) is 1. The quantitative estimate of drug-likeness (QED) is 0.520. The van der Waals surface area contributed by atoms with Gasteiger partial charge in [0.15, 0.2) is 0 Å². The second-order valence-corrected chi connectivity index (χ2v) is 5.13. The molecule has 0 radical (unpaired) electrons. The molecule has 1 saturated heterocycles. The van der Waals surface area contributed by atoms with Crippen molar-refractivity contribution in [3.05, 3.63) is 0 Å². The van der Waals surface area contributed by atoms with Gasteiger partial charge in [-0.15, -0.1) is 11.6 Å². The van der Waals surface area contributed by atoms with Gasteiger partial charge in [-0.3, -0.25) is 4.90 Å². The third-order valence-electron chi connectivity index (χ3n) is 2.45. The van der Waals surface area contributed by atoms with Crippen LogP contribution in [0.2, 0.25) is 0 Å². The molecule has 0 aromatic heterocycles. The van der Waals surface area contributed by atoms with E-state index in [9.17, 15) is 0 Å². The lowest BCUT2D eigenvalue weighted by molar-refractivity contribution is 0.0805. The maximum absolute atomic E-state index is 6.09. The number of halogens is 1. The minimum Gasteiger partial charge on any atom is -0.380 e. The normalized spacial score (nSPS) is 24.4. The number of hydrogen-bond donors (Lipinski definition) is 0. The SMILES string of the molecule is CC(C)COCCN1CCCC(Cl)C1. The Labute approximate surface area is 92.6 Å². The molecule has 2 nitrogen and oxygen atoms in total. The van der Waals surface area contributed by atoms with E-state index < -0.39 is 0 Å². The summed E-state index contributed by atoms with van der Waals surface area (Å²) in [6.45, 7) is 9.34. The highest BCUT2D eigenvalue weighted by Crippen LogP contribution is 2.14. The molecule has 1 atom stereocenters. The van der Waals surface area contributed by atoms with Gasteiger partial charge in [0.1, 0.15) is 0 Å². The van der Waals surface area contributed by atoms with Crippen LogP contribution in [0.25, 0.3) is 0 Å². The van der Waals surface area contributed by atoms with Crippen LogP contribution in [0.15, 0.2) is 0 Å². The number of alkyl halides is 1. The fraction of sp³-hybridized carbons (Fsp3) is 1.00. The molecule has 1 aliphatic rings. The average molecular weight is 220 g/mol. The second kappa shape index (κ2) is 6.65. The summed E-state index contributed by atoms with van der Waals surface area (Å²) in [5, 5.41) is 0.355. The second-order valence-electron chi connectivity index (χ2n) is 4.51. The van der Waals surface area contributed by atoms with Crippen molar-refractivity contribution in [2.24, 2.45) is 5.92 Å². The van der Waals surface area contributed by atoms with Crippen LogP contribution in [0.1, 0.15) is 26.7 Å². The van der Waals surface area contributed by atoms with Gasteiger partial charge in [0.2, 0.25) is 0 Å². The highest BCUT2D eigenvalue weighted by Gasteiger charge is 2.16. The van der Waals surface area contributed by atoms with Gasteiger partial charge in [0, 0.05) is 25.1 Å². The summed E-state index contributed by atoms with van der Waals surface area (Å²) in [6, 6.07) is 0. The Morgan fingerprint density at radius 1 is 1.50 bits per heavy atom. The van der Waals surface area contributed by atoms with Crippen LogP contribution in [0, 0.1) is 5.92 Å². The van der Waals surface area contributed by atoms with E-state index >= 15 is 0 Å². The summed E-state index contributed by atoms with van der Waals surface area (Å²) in [5.41, 5.74) is 0. The first-order chi connectivity index (χ1) is 6.68. The minimum absolute atomic E-state index is 0.355. The summed E-state index contributed by atoms with van der Waals surface area (Å²) >= 11 is 6.09. The smallest absolute Gasteiger partial charge is 0.0593 e. The maximum Gasteiger partial charge on any atom is 0.0593 e.